The highest BCUT2D eigenvalue weighted by molar-refractivity contribution is 9.10. The van der Waals surface area contributed by atoms with E-state index >= 15 is 0 Å². The van der Waals surface area contributed by atoms with Crippen molar-refractivity contribution < 1.29 is 4.79 Å². The van der Waals surface area contributed by atoms with Gasteiger partial charge in [0.05, 0.1) is 10.6 Å². The number of benzene rings is 1. The van der Waals surface area contributed by atoms with Crippen LogP contribution in [0.5, 0.6) is 0 Å². The van der Waals surface area contributed by atoms with Gasteiger partial charge in [-0.05, 0) is 46.6 Å². The molecule has 0 saturated heterocycles. The maximum absolute atomic E-state index is 12.1. The van der Waals surface area contributed by atoms with Crippen LogP contribution in [0, 0.1) is 6.92 Å². The van der Waals surface area contributed by atoms with Gasteiger partial charge >= 0.3 is 0 Å². The Balaban J connectivity index is 2.28. The Labute approximate surface area is 118 Å². The van der Waals surface area contributed by atoms with Crippen molar-refractivity contribution in [2.75, 3.05) is 5.32 Å². The van der Waals surface area contributed by atoms with Crippen LogP contribution < -0.4 is 5.32 Å². The van der Waals surface area contributed by atoms with Crippen molar-refractivity contribution in [3.8, 4) is 0 Å². The predicted octanol–water partition coefficient (Wildman–Crippen LogP) is 4.06. The maximum Gasteiger partial charge on any atom is 0.258 e. The number of hydrogen-bond donors (Lipinski definition) is 1. The van der Waals surface area contributed by atoms with E-state index in [1.165, 1.54) is 0 Å². The molecule has 1 amide bonds. The van der Waals surface area contributed by atoms with E-state index in [4.69, 9.17) is 11.6 Å². The summed E-state index contributed by atoms with van der Waals surface area (Å²) in [6, 6.07) is 8.91. The van der Waals surface area contributed by atoms with Crippen LogP contribution in [0.1, 0.15) is 15.9 Å². The number of carbonyl (C=O) groups excluding carboxylic acids is 1. The van der Waals surface area contributed by atoms with Gasteiger partial charge in [0.15, 0.2) is 0 Å². The van der Waals surface area contributed by atoms with Crippen LogP contribution in [0.25, 0.3) is 0 Å². The first-order valence-electron chi connectivity index (χ1n) is 5.26. The normalized spacial score (nSPS) is 10.2. The highest BCUT2D eigenvalue weighted by Crippen LogP contribution is 2.26. The summed E-state index contributed by atoms with van der Waals surface area (Å²) in [5.41, 5.74) is 1.31. The topological polar surface area (TPSA) is 42.0 Å². The molecule has 5 heteroatoms. The minimum absolute atomic E-state index is 0.275. The lowest BCUT2D eigenvalue weighted by atomic mass is 10.2. The molecule has 0 aliphatic heterocycles. The van der Waals surface area contributed by atoms with Gasteiger partial charge in [0.2, 0.25) is 0 Å². The van der Waals surface area contributed by atoms with E-state index in [1.54, 1.807) is 24.4 Å². The number of carbonyl (C=O) groups is 1. The number of aromatic nitrogens is 1. The van der Waals surface area contributed by atoms with Gasteiger partial charge in [-0.3, -0.25) is 4.79 Å². The lowest BCUT2D eigenvalue weighted by Gasteiger charge is -2.08. The molecule has 0 aliphatic carbocycles. The molecular weight excluding hydrogens is 316 g/mol. The molecule has 0 unspecified atom stereocenters. The Morgan fingerprint density at radius 2 is 2.11 bits per heavy atom. The van der Waals surface area contributed by atoms with Crippen molar-refractivity contribution in [2.45, 2.75) is 6.92 Å². The van der Waals surface area contributed by atoms with Crippen LogP contribution in [0.4, 0.5) is 5.82 Å². The number of nitrogens with one attached hydrogen (secondary N) is 1. The molecule has 2 rings (SSSR count). The van der Waals surface area contributed by atoms with Crippen LogP contribution in [0.3, 0.4) is 0 Å². The fourth-order valence-electron chi connectivity index (χ4n) is 1.47. The zero-order valence-electron chi connectivity index (χ0n) is 9.58. The maximum atomic E-state index is 12.1. The van der Waals surface area contributed by atoms with Crippen molar-refractivity contribution in [1.29, 1.82) is 0 Å². The molecule has 2 aromatic rings. The van der Waals surface area contributed by atoms with Crippen molar-refractivity contribution in [2.24, 2.45) is 0 Å². The van der Waals surface area contributed by atoms with Crippen molar-refractivity contribution >= 4 is 39.3 Å². The minimum Gasteiger partial charge on any atom is -0.306 e. The average molecular weight is 326 g/mol. The molecule has 1 N–H and O–H groups in total. The van der Waals surface area contributed by atoms with Gasteiger partial charge in [-0.15, -0.1) is 0 Å². The van der Waals surface area contributed by atoms with Crippen LogP contribution in [-0.2, 0) is 0 Å². The molecule has 1 aromatic carbocycles. The van der Waals surface area contributed by atoms with Crippen LogP contribution >= 0.6 is 27.5 Å². The second-order valence-corrected chi connectivity index (χ2v) is 4.96. The highest BCUT2D eigenvalue weighted by atomic mass is 79.9. The number of hydrogen-bond acceptors (Lipinski definition) is 2. The number of amides is 1. The van der Waals surface area contributed by atoms with Gasteiger partial charge in [0.1, 0.15) is 5.82 Å². The van der Waals surface area contributed by atoms with Crippen molar-refractivity contribution in [3.05, 3.63) is 57.2 Å². The number of pyridine rings is 1. The first-order valence-corrected chi connectivity index (χ1v) is 6.43. The van der Waals surface area contributed by atoms with E-state index in [-0.39, 0.29) is 5.91 Å². The number of rotatable bonds is 2. The van der Waals surface area contributed by atoms with Gasteiger partial charge in [-0.2, -0.15) is 0 Å². The Hall–Kier alpha value is -1.39. The number of aryl methyl sites for hydroxylation is 1. The highest BCUT2D eigenvalue weighted by Gasteiger charge is 2.13. The van der Waals surface area contributed by atoms with E-state index in [1.807, 2.05) is 19.1 Å². The Morgan fingerprint density at radius 3 is 2.83 bits per heavy atom. The monoisotopic (exact) mass is 324 g/mol. The van der Waals surface area contributed by atoms with Crippen LogP contribution in [0.15, 0.2) is 41.0 Å². The van der Waals surface area contributed by atoms with Gasteiger partial charge in [-0.25, -0.2) is 4.98 Å². The van der Waals surface area contributed by atoms with Crippen molar-refractivity contribution in [3.63, 3.8) is 0 Å². The Morgan fingerprint density at radius 1 is 1.33 bits per heavy atom. The predicted molar refractivity (Wildman–Crippen MR) is 76.1 cm³/mol. The standard InChI is InChI=1S/C13H10BrClN2O/c1-8-4-3-7-16-12(8)17-13(18)9-5-2-6-10(14)11(9)15/h2-7H,1H3,(H,16,17,18). The first kappa shape index (κ1) is 13.1. The summed E-state index contributed by atoms with van der Waals surface area (Å²) >= 11 is 9.35. The van der Waals surface area contributed by atoms with E-state index in [0.29, 0.717) is 20.9 Å². The number of anilines is 1. The molecule has 0 saturated carbocycles. The summed E-state index contributed by atoms with van der Waals surface area (Å²) in [7, 11) is 0. The molecule has 0 spiro atoms. The minimum atomic E-state index is -0.275. The third-order valence-electron chi connectivity index (χ3n) is 2.44. The summed E-state index contributed by atoms with van der Waals surface area (Å²) in [5.74, 6) is 0.265. The molecule has 92 valence electrons. The third-order valence-corrected chi connectivity index (χ3v) is 3.73. The molecule has 3 nitrogen and oxygen atoms in total. The fourth-order valence-corrected chi connectivity index (χ4v) is 2.05. The molecule has 0 fully saturated rings. The largest absolute Gasteiger partial charge is 0.306 e. The second kappa shape index (κ2) is 5.50. The molecule has 0 atom stereocenters. The first-order chi connectivity index (χ1) is 8.59. The molecule has 18 heavy (non-hydrogen) atoms. The summed E-state index contributed by atoms with van der Waals surface area (Å²) in [4.78, 5) is 16.2. The molecule has 0 aliphatic rings. The van der Waals surface area contributed by atoms with E-state index in [2.05, 4.69) is 26.2 Å². The SMILES string of the molecule is Cc1cccnc1NC(=O)c1cccc(Br)c1Cl. The van der Waals surface area contributed by atoms with E-state index in [0.717, 1.165) is 5.56 Å². The summed E-state index contributed by atoms with van der Waals surface area (Å²) in [6.45, 7) is 1.88. The van der Waals surface area contributed by atoms with E-state index in [9.17, 15) is 4.79 Å². The zero-order chi connectivity index (χ0) is 13.1. The molecule has 0 bridgehead atoms. The van der Waals surface area contributed by atoms with Crippen LogP contribution in [-0.4, -0.2) is 10.9 Å². The number of halogens is 2. The zero-order valence-corrected chi connectivity index (χ0v) is 11.9. The summed E-state index contributed by atoms with van der Waals surface area (Å²) in [5, 5.41) is 3.13. The number of nitrogens with zero attached hydrogens (tertiary/aromatic N) is 1. The molecule has 0 radical (unpaired) electrons. The van der Waals surface area contributed by atoms with Crippen molar-refractivity contribution in [1.82, 2.24) is 4.98 Å². The van der Waals surface area contributed by atoms with Gasteiger partial charge in [-0.1, -0.05) is 23.7 Å². The second-order valence-electron chi connectivity index (χ2n) is 3.72. The lowest BCUT2D eigenvalue weighted by molar-refractivity contribution is 0.102. The molecule has 1 aromatic heterocycles. The van der Waals surface area contributed by atoms with E-state index < -0.39 is 0 Å². The quantitative estimate of drug-likeness (QED) is 0.905. The lowest BCUT2D eigenvalue weighted by Crippen LogP contribution is -2.14. The van der Waals surface area contributed by atoms with Gasteiger partial charge < -0.3 is 5.32 Å². The average Bonchev–Trinajstić information content (AvgIpc) is 2.35. The third kappa shape index (κ3) is 2.71. The summed E-state index contributed by atoms with van der Waals surface area (Å²) < 4.78 is 0.689. The summed E-state index contributed by atoms with van der Waals surface area (Å²) in [6.07, 6.45) is 1.63. The fraction of sp³-hybridized carbons (Fsp3) is 0.0769. The molecule has 1 heterocycles. The molecular formula is C13H10BrClN2O. The van der Waals surface area contributed by atoms with Gasteiger partial charge in [0, 0.05) is 10.7 Å². The smallest absolute Gasteiger partial charge is 0.258 e. The Bertz CT molecular complexity index is 601. The Kier molecular flexibility index (Phi) is 3.99. The van der Waals surface area contributed by atoms with Crippen LogP contribution in [0.2, 0.25) is 5.02 Å². The van der Waals surface area contributed by atoms with Gasteiger partial charge in [0.25, 0.3) is 5.91 Å².